The molecule has 1 saturated heterocycles. The molecule has 27 heavy (non-hydrogen) atoms. The SMILES string of the molecule is O=C(c1cnc2ccccc2n1)N1CCN(C2CC2)CC1c1ccccc1. The quantitative estimate of drug-likeness (QED) is 0.721. The van der Waals surface area contributed by atoms with Crippen molar-refractivity contribution in [1.29, 1.82) is 0 Å². The summed E-state index contributed by atoms with van der Waals surface area (Å²) in [5, 5.41) is 0. The summed E-state index contributed by atoms with van der Waals surface area (Å²) in [6.07, 6.45) is 4.18. The minimum absolute atomic E-state index is 0.0300. The number of amides is 1. The van der Waals surface area contributed by atoms with Crippen LogP contribution in [0, 0.1) is 0 Å². The molecule has 2 fully saturated rings. The van der Waals surface area contributed by atoms with Crippen LogP contribution < -0.4 is 0 Å². The summed E-state index contributed by atoms with van der Waals surface area (Å²) in [6, 6.07) is 18.8. The maximum atomic E-state index is 13.3. The molecule has 5 rings (SSSR count). The summed E-state index contributed by atoms with van der Waals surface area (Å²) in [4.78, 5) is 26.8. The van der Waals surface area contributed by atoms with Gasteiger partial charge in [-0.1, -0.05) is 42.5 Å². The zero-order chi connectivity index (χ0) is 18.2. The first kappa shape index (κ1) is 16.4. The zero-order valence-electron chi connectivity index (χ0n) is 15.2. The molecule has 0 N–H and O–H groups in total. The fourth-order valence-electron chi connectivity index (χ4n) is 3.99. The van der Waals surface area contributed by atoms with E-state index >= 15 is 0 Å². The molecular formula is C22H22N4O. The highest BCUT2D eigenvalue weighted by molar-refractivity contribution is 5.94. The number of benzene rings is 2. The third-order valence-corrected chi connectivity index (χ3v) is 5.59. The lowest BCUT2D eigenvalue weighted by Crippen LogP contribution is -2.51. The minimum atomic E-state index is -0.0300. The Kier molecular flexibility index (Phi) is 4.09. The Labute approximate surface area is 158 Å². The molecule has 2 aromatic carbocycles. The molecule has 1 aromatic heterocycles. The van der Waals surface area contributed by atoms with Crippen molar-refractivity contribution >= 4 is 16.9 Å². The van der Waals surface area contributed by atoms with Gasteiger partial charge in [-0.05, 0) is 30.5 Å². The number of aromatic nitrogens is 2. The summed E-state index contributed by atoms with van der Waals surface area (Å²) in [6.45, 7) is 2.55. The number of para-hydroxylation sites is 2. The first-order chi connectivity index (χ1) is 13.3. The van der Waals surface area contributed by atoms with Gasteiger partial charge in [-0.25, -0.2) is 4.98 Å². The van der Waals surface area contributed by atoms with Crippen molar-refractivity contribution in [2.24, 2.45) is 0 Å². The molecule has 1 unspecified atom stereocenters. The fraction of sp³-hybridized carbons (Fsp3) is 0.318. The zero-order valence-corrected chi connectivity index (χ0v) is 15.2. The van der Waals surface area contributed by atoms with Gasteiger partial charge in [0.05, 0.1) is 23.3 Å². The number of rotatable bonds is 3. The van der Waals surface area contributed by atoms with Crippen molar-refractivity contribution in [3.63, 3.8) is 0 Å². The predicted molar refractivity (Wildman–Crippen MR) is 104 cm³/mol. The molecule has 1 saturated carbocycles. The Bertz CT molecular complexity index is 970. The second-order valence-electron chi connectivity index (χ2n) is 7.40. The maximum absolute atomic E-state index is 13.3. The van der Waals surface area contributed by atoms with E-state index in [9.17, 15) is 4.79 Å². The van der Waals surface area contributed by atoms with Crippen LogP contribution in [0.25, 0.3) is 11.0 Å². The van der Waals surface area contributed by atoms with E-state index in [2.05, 4.69) is 27.0 Å². The molecule has 1 atom stereocenters. The molecule has 1 aliphatic heterocycles. The largest absolute Gasteiger partial charge is 0.328 e. The van der Waals surface area contributed by atoms with Gasteiger partial charge in [0.15, 0.2) is 0 Å². The van der Waals surface area contributed by atoms with E-state index in [1.165, 1.54) is 18.4 Å². The highest BCUT2D eigenvalue weighted by Gasteiger charge is 2.38. The summed E-state index contributed by atoms with van der Waals surface area (Å²) in [5.41, 5.74) is 3.18. The predicted octanol–water partition coefficient (Wildman–Crippen LogP) is 3.29. The molecule has 0 bridgehead atoms. The lowest BCUT2D eigenvalue weighted by molar-refractivity contribution is 0.0427. The van der Waals surface area contributed by atoms with Gasteiger partial charge in [0.2, 0.25) is 0 Å². The van der Waals surface area contributed by atoms with Crippen molar-refractivity contribution in [1.82, 2.24) is 19.8 Å². The van der Waals surface area contributed by atoms with Crippen LogP contribution in [0.4, 0.5) is 0 Å². The summed E-state index contributed by atoms with van der Waals surface area (Å²) >= 11 is 0. The molecule has 5 nitrogen and oxygen atoms in total. The van der Waals surface area contributed by atoms with Crippen molar-refractivity contribution in [2.75, 3.05) is 19.6 Å². The molecule has 136 valence electrons. The molecule has 5 heteroatoms. The molecule has 1 aliphatic carbocycles. The average molecular weight is 358 g/mol. The second-order valence-corrected chi connectivity index (χ2v) is 7.40. The Balaban J connectivity index is 1.47. The topological polar surface area (TPSA) is 49.3 Å². The number of piperazine rings is 1. The van der Waals surface area contributed by atoms with Gasteiger partial charge in [0, 0.05) is 25.7 Å². The van der Waals surface area contributed by atoms with Crippen molar-refractivity contribution in [2.45, 2.75) is 24.9 Å². The van der Waals surface area contributed by atoms with Gasteiger partial charge in [0.25, 0.3) is 5.91 Å². The third kappa shape index (κ3) is 3.19. The van der Waals surface area contributed by atoms with Crippen LogP contribution in [-0.2, 0) is 0 Å². The highest BCUT2D eigenvalue weighted by Crippen LogP contribution is 2.34. The van der Waals surface area contributed by atoms with Gasteiger partial charge < -0.3 is 4.90 Å². The number of carbonyl (C=O) groups excluding carboxylic acids is 1. The normalized spacial score (nSPS) is 20.7. The Morgan fingerprint density at radius 3 is 2.44 bits per heavy atom. The van der Waals surface area contributed by atoms with E-state index in [-0.39, 0.29) is 11.9 Å². The van der Waals surface area contributed by atoms with Gasteiger partial charge >= 0.3 is 0 Å². The highest BCUT2D eigenvalue weighted by atomic mass is 16.2. The van der Waals surface area contributed by atoms with Crippen LogP contribution in [0.1, 0.15) is 34.9 Å². The van der Waals surface area contributed by atoms with Crippen LogP contribution in [0.2, 0.25) is 0 Å². The number of carbonyl (C=O) groups is 1. The van der Waals surface area contributed by atoms with E-state index < -0.39 is 0 Å². The lowest BCUT2D eigenvalue weighted by atomic mass is 10.0. The Morgan fingerprint density at radius 2 is 1.67 bits per heavy atom. The van der Waals surface area contributed by atoms with E-state index in [0.29, 0.717) is 11.7 Å². The van der Waals surface area contributed by atoms with Crippen molar-refractivity contribution < 1.29 is 4.79 Å². The molecule has 1 amide bonds. The molecule has 2 aliphatic rings. The van der Waals surface area contributed by atoms with Crippen molar-refractivity contribution in [3.05, 3.63) is 72.1 Å². The molecule has 0 radical (unpaired) electrons. The van der Waals surface area contributed by atoms with Crippen molar-refractivity contribution in [3.8, 4) is 0 Å². The molecule has 2 heterocycles. The average Bonchev–Trinajstić information content (AvgIpc) is 3.58. The summed E-state index contributed by atoms with van der Waals surface area (Å²) < 4.78 is 0. The second kappa shape index (κ2) is 6.74. The minimum Gasteiger partial charge on any atom is -0.328 e. The van der Waals surface area contributed by atoms with Gasteiger partial charge in [-0.2, -0.15) is 0 Å². The van der Waals surface area contributed by atoms with Gasteiger partial charge in [-0.15, -0.1) is 0 Å². The smallest absolute Gasteiger partial charge is 0.274 e. The summed E-state index contributed by atoms with van der Waals surface area (Å²) in [5.74, 6) is -0.0300. The van der Waals surface area contributed by atoms with Gasteiger partial charge in [-0.3, -0.25) is 14.7 Å². The van der Waals surface area contributed by atoms with Gasteiger partial charge in [0.1, 0.15) is 5.69 Å². The molecule has 0 spiro atoms. The van der Waals surface area contributed by atoms with Crippen LogP contribution in [0.15, 0.2) is 60.8 Å². The number of nitrogens with zero attached hydrogens (tertiary/aromatic N) is 4. The van der Waals surface area contributed by atoms with E-state index in [1.807, 2.05) is 47.4 Å². The number of hydrogen-bond donors (Lipinski definition) is 0. The monoisotopic (exact) mass is 358 g/mol. The molecule has 3 aromatic rings. The van der Waals surface area contributed by atoms with E-state index in [1.54, 1.807) is 6.20 Å². The number of fused-ring (bicyclic) bond motifs is 1. The third-order valence-electron chi connectivity index (χ3n) is 5.59. The Hall–Kier alpha value is -2.79. The van der Waals surface area contributed by atoms with Crippen LogP contribution in [0.5, 0.6) is 0 Å². The maximum Gasteiger partial charge on any atom is 0.274 e. The Morgan fingerprint density at radius 1 is 0.926 bits per heavy atom. The first-order valence-electron chi connectivity index (χ1n) is 9.61. The van der Waals surface area contributed by atoms with Crippen LogP contribution in [0.3, 0.4) is 0 Å². The van der Waals surface area contributed by atoms with E-state index in [4.69, 9.17) is 0 Å². The number of hydrogen-bond acceptors (Lipinski definition) is 4. The summed E-state index contributed by atoms with van der Waals surface area (Å²) in [7, 11) is 0. The fourth-order valence-corrected chi connectivity index (χ4v) is 3.99. The standard InChI is InChI=1S/C22H22N4O/c27-22(20-14-23-18-8-4-5-9-19(18)24-20)26-13-12-25(17-10-11-17)15-21(26)16-6-2-1-3-7-16/h1-9,14,17,21H,10-13,15H2. The van der Waals surface area contributed by atoms with Crippen LogP contribution >= 0.6 is 0 Å². The van der Waals surface area contributed by atoms with E-state index in [0.717, 1.165) is 30.7 Å². The molecular weight excluding hydrogens is 336 g/mol. The first-order valence-corrected chi connectivity index (χ1v) is 9.61. The van der Waals surface area contributed by atoms with Crippen LogP contribution in [-0.4, -0.2) is 51.4 Å². The lowest BCUT2D eigenvalue weighted by Gasteiger charge is -2.41.